The van der Waals surface area contributed by atoms with Crippen molar-refractivity contribution in [2.45, 2.75) is 13.5 Å². The summed E-state index contributed by atoms with van der Waals surface area (Å²) in [5.74, 6) is 0.909. The molecule has 0 saturated heterocycles. The lowest BCUT2D eigenvalue weighted by atomic mass is 10.2. The number of hydrogen-bond acceptors (Lipinski definition) is 3. The second kappa shape index (κ2) is 6.92. The Bertz CT molecular complexity index is 481. The molecule has 0 unspecified atom stereocenters. The number of nitrogens with one attached hydrogen (secondary N) is 1. The maximum atomic E-state index is 5.63. The molecule has 0 fully saturated rings. The number of ether oxygens (including phenoxy) is 1. The molecule has 2 nitrogen and oxygen atoms in total. The van der Waals surface area contributed by atoms with Gasteiger partial charge in [0.15, 0.2) is 0 Å². The number of aryl methyl sites for hydroxylation is 1. The average Bonchev–Trinajstić information content (AvgIpc) is 2.77. The zero-order chi connectivity index (χ0) is 12.8. The van der Waals surface area contributed by atoms with E-state index in [9.17, 15) is 0 Å². The standard InChI is InChI=1S/C14H16BrNOS/c1-11-9-18-10-12(11)8-16-6-7-17-14-4-2-13(15)3-5-14/h2-5,9-10,16H,6-8H2,1H3. The number of thiophene rings is 1. The number of halogens is 1. The first-order valence-electron chi connectivity index (χ1n) is 5.86. The molecule has 1 N–H and O–H groups in total. The lowest BCUT2D eigenvalue weighted by molar-refractivity contribution is 0.313. The Hall–Kier alpha value is -0.840. The summed E-state index contributed by atoms with van der Waals surface area (Å²) in [5, 5.41) is 7.75. The van der Waals surface area contributed by atoms with Gasteiger partial charge in [-0.25, -0.2) is 0 Å². The summed E-state index contributed by atoms with van der Waals surface area (Å²) in [5.41, 5.74) is 2.74. The monoisotopic (exact) mass is 325 g/mol. The zero-order valence-electron chi connectivity index (χ0n) is 10.3. The number of benzene rings is 1. The molecular formula is C14H16BrNOS. The Morgan fingerprint density at radius 3 is 2.67 bits per heavy atom. The van der Waals surface area contributed by atoms with Crippen LogP contribution in [0, 0.1) is 6.92 Å². The number of hydrogen-bond donors (Lipinski definition) is 1. The molecule has 0 aliphatic heterocycles. The van der Waals surface area contributed by atoms with Crippen LogP contribution in [0.15, 0.2) is 39.5 Å². The SMILES string of the molecule is Cc1cscc1CNCCOc1ccc(Br)cc1. The van der Waals surface area contributed by atoms with Gasteiger partial charge in [0.2, 0.25) is 0 Å². The Morgan fingerprint density at radius 2 is 2.00 bits per heavy atom. The van der Waals surface area contributed by atoms with Crippen LogP contribution < -0.4 is 10.1 Å². The smallest absolute Gasteiger partial charge is 0.119 e. The Labute approximate surface area is 120 Å². The highest BCUT2D eigenvalue weighted by atomic mass is 79.9. The Kier molecular flexibility index (Phi) is 5.23. The van der Waals surface area contributed by atoms with E-state index in [0.29, 0.717) is 6.61 Å². The van der Waals surface area contributed by atoms with Crippen LogP contribution in [-0.4, -0.2) is 13.2 Å². The van der Waals surface area contributed by atoms with Crippen LogP contribution in [0.5, 0.6) is 5.75 Å². The molecule has 96 valence electrons. The molecule has 0 spiro atoms. The normalized spacial score (nSPS) is 10.6. The maximum Gasteiger partial charge on any atom is 0.119 e. The largest absolute Gasteiger partial charge is 0.492 e. The molecule has 0 atom stereocenters. The van der Waals surface area contributed by atoms with E-state index in [1.165, 1.54) is 11.1 Å². The summed E-state index contributed by atoms with van der Waals surface area (Å²) in [6.45, 7) is 4.60. The minimum absolute atomic E-state index is 0.685. The Balaban J connectivity index is 1.64. The molecule has 0 saturated carbocycles. The summed E-state index contributed by atoms with van der Waals surface area (Å²) < 4.78 is 6.70. The molecule has 1 heterocycles. The average molecular weight is 326 g/mol. The van der Waals surface area contributed by atoms with E-state index in [1.807, 2.05) is 24.3 Å². The van der Waals surface area contributed by atoms with Gasteiger partial charge in [-0.3, -0.25) is 0 Å². The third-order valence-corrected chi connectivity index (χ3v) is 4.08. The molecular weight excluding hydrogens is 310 g/mol. The van der Waals surface area contributed by atoms with Crippen LogP contribution in [0.3, 0.4) is 0 Å². The van der Waals surface area contributed by atoms with E-state index in [1.54, 1.807) is 11.3 Å². The van der Waals surface area contributed by atoms with Gasteiger partial charge in [0.05, 0.1) is 0 Å². The van der Waals surface area contributed by atoms with Crippen molar-refractivity contribution < 1.29 is 4.74 Å². The molecule has 0 amide bonds. The third-order valence-electron chi connectivity index (χ3n) is 2.64. The molecule has 1 aromatic heterocycles. The van der Waals surface area contributed by atoms with Gasteiger partial charge in [0, 0.05) is 17.6 Å². The molecule has 0 aliphatic carbocycles. The van der Waals surface area contributed by atoms with E-state index in [0.717, 1.165) is 23.3 Å². The maximum absolute atomic E-state index is 5.63. The fourth-order valence-electron chi connectivity index (χ4n) is 1.56. The predicted octanol–water partition coefficient (Wildman–Crippen LogP) is 3.99. The second-order valence-electron chi connectivity index (χ2n) is 4.06. The van der Waals surface area contributed by atoms with Gasteiger partial charge in [-0.2, -0.15) is 11.3 Å². The van der Waals surface area contributed by atoms with Gasteiger partial charge in [0.25, 0.3) is 0 Å². The van der Waals surface area contributed by atoms with Crippen LogP contribution in [0.1, 0.15) is 11.1 Å². The number of rotatable bonds is 6. The topological polar surface area (TPSA) is 21.3 Å². The molecule has 0 radical (unpaired) electrons. The van der Waals surface area contributed by atoms with Crippen LogP contribution in [-0.2, 0) is 6.54 Å². The highest BCUT2D eigenvalue weighted by Crippen LogP contribution is 2.16. The van der Waals surface area contributed by atoms with E-state index in [-0.39, 0.29) is 0 Å². The second-order valence-corrected chi connectivity index (χ2v) is 5.72. The predicted molar refractivity (Wildman–Crippen MR) is 80.4 cm³/mol. The van der Waals surface area contributed by atoms with Gasteiger partial charge in [-0.05, 0) is 53.1 Å². The van der Waals surface area contributed by atoms with Crippen LogP contribution >= 0.6 is 27.3 Å². The van der Waals surface area contributed by atoms with Crippen LogP contribution in [0.4, 0.5) is 0 Å². The lowest BCUT2D eigenvalue weighted by Crippen LogP contribution is -2.20. The van der Waals surface area contributed by atoms with Crippen LogP contribution in [0.2, 0.25) is 0 Å². The van der Waals surface area contributed by atoms with E-state index >= 15 is 0 Å². The minimum atomic E-state index is 0.685. The zero-order valence-corrected chi connectivity index (χ0v) is 12.7. The van der Waals surface area contributed by atoms with Gasteiger partial charge in [-0.1, -0.05) is 15.9 Å². The summed E-state index contributed by atoms with van der Waals surface area (Å²) in [4.78, 5) is 0. The first-order valence-corrected chi connectivity index (χ1v) is 7.60. The van der Waals surface area contributed by atoms with Crippen molar-refractivity contribution in [2.75, 3.05) is 13.2 Å². The fourth-order valence-corrected chi connectivity index (χ4v) is 2.68. The van der Waals surface area contributed by atoms with Crippen molar-refractivity contribution in [1.29, 1.82) is 0 Å². The lowest BCUT2D eigenvalue weighted by Gasteiger charge is -2.07. The summed E-state index contributed by atoms with van der Waals surface area (Å²) in [6, 6.07) is 7.90. The molecule has 1 aromatic carbocycles. The molecule has 18 heavy (non-hydrogen) atoms. The quantitative estimate of drug-likeness (QED) is 0.811. The summed E-state index contributed by atoms with van der Waals surface area (Å²) >= 11 is 5.15. The van der Waals surface area contributed by atoms with Crippen molar-refractivity contribution in [1.82, 2.24) is 5.32 Å². The van der Waals surface area contributed by atoms with Crippen molar-refractivity contribution in [2.24, 2.45) is 0 Å². The molecule has 0 bridgehead atoms. The van der Waals surface area contributed by atoms with Gasteiger partial charge < -0.3 is 10.1 Å². The van der Waals surface area contributed by atoms with E-state index in [4.69, 9.17) is 4.74 Å². The molecule has 2 aromatic rings. The highest BCUT2D eigenvalue weighted by Gasteiger charge is 1.98. The van der Waals surface area contributed by atoms with Gasteiger partial charge in [0.1, 0.15) is 12.4 Å². The van der Waals surface area contributed by atoms with Gasteiger partial charge in [-0.15, -0.1) is 0 Å². The molecule has 0 aliphatic rings. The minimum Gasteiger partial charge on any atom is -0.492 e. The summed E-state index contributed by atoms with van der Waals surface area (Å²) in [6.07, 6.45) is 0. The molecule has 4 heteroatoms. The van der Waals surface area contributed by atoms with Crippen molar-refractivity contribution >= 4 is 27.3 Å². The van der Waals surface area contributed by atoms with E-state index < -0.39 is 0 Å². The van der Waals surface area contributed by atoms with Gasteiger partial charge >= 0.3 is 0 Å². The van der Waals surface area contributed by atoms with Crippen LogP contribution in [0.25, 0.3) is 0 Å². The fraction of sp³-hybridized carbons (Fsp3) is 0.286. The summed E-state index contributed by atoms with van der Waals surface area (Å²) in [7, 11) is 0. The van der Waals surface area contributed by atoms with E-state index in [2.05, 4.69) is 38.9 Å². The first-order chi connectivity index (χ1) is 8.75. The molecule has 2 rings (SSSR count). The van der Waals surface area contributed by atoms with Crippen molar-refractivity contribution in [3.8, 4) is 5.75 Å². The third kappa shape index (κ3) is 4.12. The van der Waals surface area contributed by atoms with Crippen molar-refractivity contribution in [3.63, 3.8) is 0 Å². The highest BCUT2D eigenvalue weighted by molar-refractivity contribution is 9.10. The van der Waals surface area contributed by atoms with Crippen molar-refractivity contribution in [3.05, 3.63) is 50.6 Å². The Morgan fingerprint density at radius 1 is 1.22 bits per heavy atom. The first kappa shape index (κ1) is 13.6.